The average molecular weight is 406 g/mol. The van der Waals surface area contributed by atoms with Crippen LogP contribution in [-0.4, -0.2) is 40.4 Å². The summed E-state index contributed by atoms with van der Waals surface area (Å²) in [5.74, 6) is -0.0355. The van der Waals surface area contributed by atoms with Crippen molar-refractivity contribution in [3.05, 3.63) is 48.3 Å². The number of ether oxygens (including phenoxy) is 1. The van der Waals surface area contributed by atoms with Crippen molar-refractivity contribution in [3.8, 4) is 17.0 Å². The molecule has 0 aliphatic rings. The Morgan fingerprint density at radius 2 is 2.07 bits per heavy atom. The molecule has 0 unspecified atom stereocenters. The van der Waals surface area contributed by atoms with Gasteiger partial charge in [-0.15, -0.1) is 6.58 Å². The Balaban J connectivity index is 2.31. The maximum Gasteiger partial charge on any atom is 0.412 e. The van der Waals surface area contributed by atoms with Crippen LogP contribution in [0.15, 0.2) is 42.7 Å². The van der Waals surface area contributed by atoms with Gasteiger partial charge in [0.15, 0.2) is 0 Å². The number of anilines is 1. The molecule has 0 aromatic carbocycles. The topological polar surface area (TPSA) is 102 Å². The molecular formula is C20H24F2N4O3. The molecule has 0 aliphatic heterocycles. The van der Waals surface area contributed by atoms with Crippen LogP contribution in [0, 0.1) is 0 Å². The van der Waals surface area contributed by atoms with Crippen molar-refractivity contribution in [1.82, 2.24) is 9.97 Å². The summed E-state index contributed by atoms with van der Waals surface area (Å²) in [6, 6.07) is 4.32. The summed E-state index contributed by atoms with van der Waals surface area (Å²) >= 11 is 0. The molecule has 3 N–H and O–H groups in total. The highest BCUT2D eigenvalue weighted by atomic mass is 19.3. The van der Waals surface area contributed by atoms with E-state index in [1.54, 1.807) is 13.0 Å². The lowest BCUT2D eigenvalue weighted by Crippen LogP contribution is -2.42. The van der Waals surface area contributed by atoms with Gasteiger partial charge in [0.1, 0.15) is 12.4 Å². The number of halogens is 2. The number of carboxylic acid groups (broad SMARTS) is 1. The Labute approximate surface area is 167 Å². The number of amides is 1. The minimum atomic E-state index is -2.81. The van der Waals surface area contributed by atoms with Crippen molar-refractivity contribution in [2.24, 2.45) is 5.73 Å². The lowest BCUT2D eigenvalue weighted by Gasteiger charge is -2.25. The Bertz CT molecular complexity index is 903. The largest absolute Gasteiger partial charge is 0.475 e. The van der Waals surface area contributed by atoms with Crippen LogP contribution in [0.5, 0.6) is 5.88 Å². The summed E-state index contributed by atoms with van der Waals surface area (Å²) in [7, 11) is 1.34. The maximum atomic E-state index is 13.6. The van der Waals surface area contributed by atoms with Gasteiger partial charge in [0.25, 0.3) is 6.43 Å². The number of hydrogen-bond acceptors (Lipinski definition) is 5. The molecule has 1 atom stereocenters. The molecule has 2 aromatic heterocycles. The molecule has 2 rings (SSSR count). The quantitative estimate of drug-likeness (QED) is 0.635. The van der Waals surface area contributed by atoms with E-state index < -0.39 is 18.1 Å². The van der Waals surface area contributed by atoms with Gasteiger partial charge in [0.2, 0.25) is 5.88 Å². The Morgan fingerprint density at radius 3 is 2.66 bits per heavy atom. The monoisotopic (exact) mass is 406 g/mol. The van der Waals surface area contributed by atoms with E-state index in [0.29, 0.717) is 17.5 Å². The summed E-state index contributed by atoms with van der Waals surface area (Å²) in [6.07, 6.45) is -0.747. The minimum absolute atomic E-state index is 0.00522. The Kier molecular flexibility index (Phi) is 6.86. The zero-order chi connectivity index (χ0) is 21.8. The zero-order valence-corrected chi connectivity index (χ0v) is 16.5. The predicted octanol–water partition coefficient (Wildman–Crippen LogP) is 4.26. The normalized spacial score (nSPS) is 13.1. The molecule has 156 valence electrons. The highest BCUT2D eigenvalue weighted by Crippen LogP contribution is 2.32. The number of pyridine rings is 2. The van der Waals surface area contributed by atoms with E-state index in [0.717, 1.165) is 10.5 Å². The lowest BCUT2D eigenvalue weighted by atomic mass is 9.96. The number of alkyl halides is 2. The van der Waals surface area contributed by atoms with E-state index >= 15 is 0 Å². The number of carbonyl (C=O) groups is 1. The molecule has 0 saturated heterocycles. The number of nitrogens with zero attached hydrogens (tertiary/aromatic N) is 3. The summed E-state index contributed by atoms with van der Waals surface area (Å²) in [5.41, 5.74) is 6.71. The van der Waals surface area contributed by atoms with Crippen molar-refractivity contribution in [2.75, 3.05) is 18.6 Å². The first-order valence-corrected chi connectivity index (χ1v) is 8.77. The molecule has 2 aromatic rings. The molecule has 2 heterocycles. The smallest absolute Gasteiger partial charge is 0.412 e. The fraction of sp³-hybridized carbons (Fsp3) is 0.350. The molecule has 0 radical (unpaired) electrons. The second kappa shape index (κ2) is 8.95. The first-order chi connectivity index (χ1) is 13.5. The summed E-state index contributed by atoms with van der Waals surface area (Å²) in [5, 5.41) is 9.07. The molecule has 0 saturated carbocycles. The van der Waals surface area contributed by atoms with Gasteiger partial charge in [-0.1, -0.05) is 5.57 Å². The first-order valence-electron chi connectivity index (χ1n) is 8.77. The van der Waals surface area contributed by atoms with Crippen molar-refractivity contribution < 1.29 is 23.4 Å². The van der Waals surface area contributed by atoms with Crippen LogP contribution < -0.4 is 15.4 Å². The fourth-order valence-corrected chi connectivity index (χ4v) is 2.76. The third-order valence-electron chi connectivity index (χ3n) is 4.07. The van der Waals surface area contributed by atoms with Gasteiger partial charge in [0, 0.05) is 25.0 Å². The maximum absolute atomic E-state index is 13.6. The minimum Gasteiger partial charge on any atom is -0.475 e. The SMILES string of the molecule is C=C(C)C[C@](C)(N)COc1ncc(-c2ccnc(N(C)C(=O)O)c2)cc1C(F)F. The summed E-state index contributed by atoms with van der Waals surface area (Å²) in [4.78, 5) is 20.0. The predicted molar refractivity (Wildman–Crippen MR) is 106 cm³/mol. The van der Waals surface area contributed by atoms with E-state index in [2.05, 4.69) is 16.5 Å². The molecule has 0 spiro atoms. The zero-order valence-electron chi connectivity index (χ0n) is 16.5. The van der Waals surface area contributed by atoms with Crippen LogP contribution in [0.4, 0.5) is 19.4 Å². The van der Waals surface area contributed by atoms with Gasteiger partial charge in [-0.05, 0) is 44.0 Å². The van der Waals surface area contributed by atoms with Crippen molar-refractivity contribution in [1.29, 1.82) is 0 Å². The summed E-state index contributed by atoms with van der Waals surface area (Å²) in [6.45, 7) is 7.37. The van der Waals surface area contributed by atoms with Gasteiger partial charge in [-0.3, -0.25) is 4.90 Å². The average Bonchev–Trinajstić information content (AvgIpc) is 2.64. The van der Waals surface area contributed by atoms with Crippen molar-refractivity contribution in [2.45, 2.75) is 32.2 Å². The van der Waals surface area contributed by atoms with Gasteiger partial charge in [0.05, 0.1) is 11.1 Å². The van der Waals surface area contributed by atoms with Gasteiger partial charge in [-0.2, -0.15) is 0 Å². The number of rotatable bonds is 8. The molecule has 1 amide bonds. The highest BCUT2D eigenvalue weighted by molar-refractivity contribution is 5.85. The molecule has 7 nitrogen and oxygen atoms in total. The lowest BCUT2D eigenvalue weighted by molar-refractivity contribution is 0.139. The fourth-order valence-electron chi connectivity index (χ4n) is 2.76. The van der Waals surface area contributed by atoms with Gasteiger partial charge >= 0.3 is 6.09 Å². The van der Waals surface area contributed by atoms with Crippen LogP contribution in [0.1, 0.15) is 32.3 Å². The number of hydrogen-bond donors (Lipinski definition) is 2. The second-order valence-corrected chi connectivity index (χ2v) is 7.24. The molecule has 9 heteroatoms. The molecule has 0 bridgehead atoms. The van der Waals surface area contributed by atoms with E-state index in [4.69, 9.17) is 15.6 Å². The van der Waals surface area contributed by atoms with Crippen molar-refractivity contribution >= 4 is 11.9 Å². The van der Waals surface area contributed by atoms with E-state index in [1.165, 1.54) is 31.6 Å². The molecule has 0 fully saturated rings. The van der Waals surface area contributed by atoms with E-state index in [-0.39, 0.29) is 23.9 Å². The van der Waals surface area contributed by atoms with Gasteiger partial charge in [-0.25, -0.2) is 23.5 Å². The van der Waals surface area contributed by atoms with Gasteiger partial charge < -0.3 is 15.6 Å². The van der Waals surface area contributed by atoms with Crippen LogP contribution in [0.25, 0.3) is 11.1 Å². The van der Waals surface area contributed by atoms with Crippen LogP contribution in [0.2, 0.25) is 0 Å². The van der Waals surface area contributed by atoms with Crippen LogP contribution >= 0.6 is 0 Å². The Morgan fingerprint density at radius 1 is 1.38 bits per heavy atom. The van der Waals surface area contributed by atoms with Crippen molar-refractivity contribution in [3.63, 3.8) is 0 Å². The molecule has 29 heavy (non-hydrogen) atoms. The van der Waals surface area contributed by atoms with Crippen LogP contribution in [0.3, 0.4) is 0 Å². The Hall–Kier alpha value is -3.07. The highest BCUT2D eigenvalue weighted by Gasteiger charge is 2.23. The number of aromatic nitrogens is 2. The second-order valence-electron chi connectivity index (χ2n) is 7.24. The third kappa shape index (κ3) is 5.95. The summed E-state index contributed by atoms with van der Waals surface area (Å²) < 4.78 is 32.7. The van der Waals surface area contributed by atoms with E-state index in [1.807, 2.05) is 6.92 Å². The first kappa shape index (κ1) is 22.2. The third-order valence-corrected chi connectivity index (χ3v) is 4.07. The standard InChI is InChI=1S/C20H24F2N4O3/c1-12(2)9-20(3,23)11-29-18-15(17(21)22)7-14(10-25-18)13-5-6-24-16(8-13)26(4)19(27)28/h5-8,10,17H,1,9,11,23H2,2-4H3,(H,27,28)/t20-/m0/s1. The molecular weight excluding hydrogens is 382 g/mol. The van der Waals surface area contributed by atoms with Crippen LogP contribution in [-0.2, 0) is 0 Å². The number of nitrogens with two attached hydrogens (primary N) is 1. The molecule has 0 aliphatic carbocycles. The van der Waals surface area contributed by atoms with E-state index in [9.17, 15) is 13.6 Å².